The molecule has 0 aliphatic heterocycles. The van der Waals surface area contributed by atoms with Crippen molar-refractivity contribution in [2.75, 3.05) is 6.26 Å². The van der Waals surface area contributed by atoms with Crippen LogP contribution in [0.25, 0.3) is 6.20 Å². The summed E-state index contributed by atoms with van der Waals surface area (Å²) in [6.45, 7) is 2.07. The van der Waals surface area contributed by atoms with Crippen molar-refractivity contribution in [1.82, 2.24) is 9.55 Å². The maximum absolute atomic E-state index is 3.92. The fourth-order valence-corrected chi connectivity index (χ4v) is 0.836. The number of rotatable bonds is 2. The van der Waals surface area contributed by atoms with E-state index in [4.69, 9.17) is 0 Å². The Labute approximate surface area is 65.0 Å². The van der Waals surface area contributed by atoms with E-state index in [0.29, 0.717) is 0 Å². The highest BCUT2D eigenvalue weighted by atomic mass is 32.2. The van der Waals surface area contributed by atoms with Gasteiger partial charge in [0, 0.05) is 18.6 Å². The number of thioether (sulfide) groups is 1. The second kappa shape index (κ2) is 3.46. The van der Waals surface area contributed by atoms with Crippen LogP contribution in [0.5, 0.6) is 0 Å². The van der Waals surface area contributed by atoms with Crippen LogP contribution in [0.1, 0.15) is 6.92 Å². The minimum Gasteiger partial charge on any atom is -0.312 e. The standard InChI is InChI=1S/C7H10N2S/c1-7(10-2)5-9-4-3-8-6-9/h3-6H,1-2H3/b7-5-. The van der Waals surface area contributed by atoms with Gasteiger partial charge in [-0.2, -0.15) is 0 Å². The lowest BCUT2D eigenvalue weighted by Crippen LogP contribution is -1.79. The number of nitrogens with zero attached hydrogens (tertiary/aromatic N) is 2. The molecule has 1 aromatic heterocycles. The van der Waals surface area contributed by atoms with Crippen molar-refractivity contribution in [3.63, 3.8) is 0 Å². The molecule has 0 amide bonds. The third-order valence-corrected chi connectivity index (χ3v) is 1.93. The molecule has 0 unspecified atom stereocenters. The summed E-state index contributed by atoms with van der Waals surface area (Å²) in [5.41, 5.74) is 0. The molecule has 1 heterocycles. The first-order valence-corrected chi connectivity index (χ1v) is 4.25. The molecule has 1 aromatic rings. The molecule has 1 rings (SSSR count). The summed E-state index contributed by atoms with van der Waals surface area (Å²) >= 11 is 1.74. The van der Waals surface area contributed by atoms with Crippen molar-refractivity contribution >= 4 is 18.0 Å². The van der Waals surface area contributed by atoms with Gasteiger partial charge in [0.1, 0.15) is 0 Å². The van der Waals surface area contributed by atoms with Crippen molar-refractivity contribution in [2.45, 2.75) is 6.92 Å². The normalized spacial score (nSPS) is 12.0. The lowest BCUT2D eigenvalue weighted by atomic mass is 10.7. The summed E-state index contributed by atoms with van der Waals surface area (Å²) in [6.07, 6.45) is 9.56. The highest BCUT2D eigenvalue weighted by molar-refractivity contribution is 8.02. The fourth-order valence-electron chi connectivity index (χ4n) is 0.608. The second-order valence-corrected chi connectivity index (χ2v) is 3.01. The molecule has 0 bridgehead atoms. The lowest BCUT2D eigenvalue weighted by molar-refractivity contribution is 1.13. The maximum Gasteiger partial charge on any atom is 0.0987 e. The predicted octanol–water partition coefficient (Wildman–Crippen LogP) is 2.06. The minimum atomic E-state index is 1.28. The molecular weight excluding hydrogens is 144 g/mol. The highest BCUT2D eigenvalue weighted by Gasteiger charge is 1.84. The Balaban J connectivity index is 2.71. The summed E-state index contributed by atoms with van der Waals surface area (Å²) < 4.78 is 1.94. The number of allylic oxidation sites excluding steroid dienone is 1. The number of hydrogen-bond acceptors (Lipinski definition) is 2. The van der Waals surface area contributed by atoms with E-state index in [9.17, 15) is 0 Å². The highest BCUT2D eigenvalue weighted by Crippen LogP contribution is 2.10. The Morgan fingerprint density at radius 3 is 3.00 bits per heavy atom. The molecule has 10 heavy (non-hydrogen) atoms. The smallest absolute Gasteiger partial charge is 0.0987 e. The van der Waals surface area contributed by atoms with E-state index >= 15 is 0 Å². The third-order valence-electron chi connectivity index (χ3n) is 1.18. The summed E-state index contributed by atoms with van der Waals surface area (Å²) in [5, 5.41) is 0. The average Bonchev–Trinajstić information content (AvgIpc) is 2.40. The minimum absolute atomic E-state index is 1.28. The topological polar surface area (TPSA) is 17.8 Å². The van der Waals surface area contributed by atoms with E-state index < -0.39 is 0 Å². The van der Waals surface area contributed by atoms with Crippen LogP contribution in [0.15, 0.2) is 23.6 Å². The Hall–Kier alpha value is -0.700. The molecular formula is C7H10N2S. The molecule has 0 saturated carbocycles. The van der Waals surface area contributed by atoms with Crippen LogP contribution >= 0.6 is 11.8 Å². The quantitative estimate of drug-likeness (QED) is 0.649. The van der Waals surface area contributed by atoms with Crippen LogP contribution in [-0.2, 0) is 0 Å². The van der Waals surface area contributed by atoms with Crippen LogP contribution < -0.4 is 0 Å². The van der Waals surface area contributed by atoms with E-state index in [1.165, 1.54) is 4.91 Å². The molecule has 0 atom stereocenters. The van der Waals surface area contributed by atoms with Gasteiger partial charge in [-0.1, -0.05) is 0 Å². The number of imidazole rings is 1. The van der Waals surface area contributed by atoms with Gasteiger partial charge in [-0.3, -0.25) is 0 Å². The van der Waals surface area contributed by atoms with Crippen LogP contribution in [0.2, 0.25) is 0 Å². The van der Waals surface area contributed by atoms with E-state index in [2.05, 4.69) is 18.2 Å². The van der Waals surface area contributed by atoms with Gasteiger partial charge in [0.2, 0.25) is 0 Å². The van der Waals surface area contributed by atoms with Crippen molar-refractivity contribution in [2.24, 2.45) is 0 Å². The largest absolute Gasteiger partial charge is 0.312 e. The Morgan fingerprint density at radius 1 is 1.70 bits per heavy atom. The molecule has 0 N–H and O–H groups in total. The fraction of sp³-hybridized carbons (Fsp3) is 0.286. The molecule has 0 spiro atoms. The molecule has 2 nitrogen and oxygen atoms in total. The lowest BCUT2D eigenvalue weighted by Gasteiger charge is -1.94. The zero-order chi connectivity index (χ0) is 7.40. The summed E-state index contributed by atoms with van der Waals surface area (Å²) in [7, 11) is 0. The van der Waals surface area contributed by atoms with Gasteiger partial charge in [-0.25, -0.2) is 4.98 Å². The van der Waals surface area contributed by atoms with Gasteiger partial charge >= 0.3 is 0 Å². The molecule has 54 valence electrons. The first kappa shape index (κ1) is 7.41. The molecule has 0 saturated heterocycles. The van der Waals surface area contributed by atoms with Gasteiger partial charge in [-0.15, -0.1) is 11.8 Å². The second-order valence-electron chi connectivity index (χ2n) is 1.95. The molecule has 0 aliphatic carbocycles. The molecule has 0 fully saturated rings. The predicted molar refractivity (Wildman–Crippen MR) is 45.7 cm³/mol. The Kier molecular flexibility index (Phi) is 2.57. The van der Waals surface area contributed by atoms with Crippen LogP contribution in [0.3, 0.4) is 0 Å². The monoisotopic (exact) mass is 154 g/mol. The summed E-state index contributed by atoms with van der Waals surface area (Å²) in [6, 6.07) is 0. The van der Waals surface area contributed by atoms with Crippen LogP contribution in [0, 0.1) is 0 Å². The molecule has 3 heteroatoms. The van der Waals surface area contributed by atoms with Gasteiger partial charge in [0.05, 0.1) is 6.33 Å². The molecule has 0 aromatic carbocycles. The third kappa shape index (κ3) is 1.92. The van der Waals surface area contributed by atoms with E-state index in [1.807, 2.05) is 17.0 Å². The van der Waals surface area contributed by atoms with Crippen molar-refractivity contribution in [3.05, 3.63) is 23.6 Å². The van der Waals surface area contributed by atoms with E-state index in [1.54, 1.807) is 24.3 Å². The van der Waals surface area contributed by atoms with Crippen molar-refractivity contribution in [1.29, 1.82) is 0 Å². The first-order chi connectivity index (χ1) is 4.83. The summed E-state index contributed by atoms with van der Waals surface area (Å²) in [4.78, 5) is 5.19. The molecule has 0 radical (unpaired) electrons. The zero-order valence-electron chi connectivity index (χ0n) is 6.11. The maximum atomic E-state index is 3.92. The molecule has 0 aliphatic rings. The van der Waals surface area contributed by atoms with Gasteiger partial charge in [-0.05, 0) is 18.1 Å². The summed E-state index contributed by atoms with van der Waals surface area (Å²) in [5.74, 6) is 0. The Bertz CT molecular complexity index is 214. The van der Waals surface area contributed by atoms with Crippen LogP contribution in [0.4, 0.5) is 0 Å². The van der Waals surface area contributed by atoms with Crippen molar-refractivity contribution in [3.8, 4) is 0 Å². The first-order valence-electron chi connectivity index (χ1n) is 3.03. The zero-order valence-corrected chi connectivity index (χ0v) is 6.93. The van der Waals surface area contributed by atoms with Crippen LogP contribution in [-0.4, -0.2) is 15.8 Å². The van der Waals surface area contributed by atoms with Gasteiger partial charge < -0.3 is 4.57 Å². The SMILES string of the molecule is CS/C(C)=C\n1ccnc1. The van der Waals surface area contributed by atoms with Gasteiger partial charge in [0.15, 0.2) is 0 Å². The average molecular weight is 154 g/mol. The number of aromatic nitrogens is 2. The van der Waals surface area contributed by atoms with Gasteiger partial charge in [0.25, 0.3) is 0 Å². The Morgan fingerprint density at radius 2 is 2.50 bits per heavy atom. The van der Waals surface area contributed by atoms with E-state index in [-0.39, 0.29) is 0 Å². The van der Waals surface area contributed by atoms with E-state index in [0.717, 1.165) is 0 Å². The number of hydrogen-bond donors (Lipinski definition) is 0. The van der Waals surface area contributed by atoms with Crippen molar-refractivity contribution < 1.29 is 0 Å².